The van der Waals surface area contributed by atoms with Crippen LogP contribution in [0.4, 0.5) is 0 Å². The lowest BCUT2D eigenvalue weighted by Crippen LogP contribution is -2.25. The predicted molar refractivity (Wildman–Crippen MR) is 74.4 cm³/mol. The van der Waals surface area contributed by atoms with Crippen LogP contribution in [0.3, 0.4) is 0 Å². The molecule has 0 saturated heterocycles. The first kappa shape index (κ1) is 13.2. The molecule has 6 nitrogen and oxygen atoms in total. The van der Waals surface area contributed by atoms with Crippen LogP contribution >= 0.6 is 0 Å². The number of carbonyl (C=O) groups excluding carboxylic acids is 1. The molecule has 0 amide bonds. The minimum absolute atomic E-state index is 0.211. The zero-order chi connectivity index (χ0) is 15.0. The van der Waals surface area contributed by atoms with Crippen LogP contribution < -0.4 is 10.4 Å². The first-order valence-electron chi connectivity index (χ1n) is 6.28. The number of rotatable bonds is 3. The van der Waals surface area contributed by atoms with E-state index in [2.05, 4.69) is 4.74 Å². The van der Waals surface area contributed by atoms with E-state index in [9.17, 15) is 9.59 Å². The van der Waals surface area contributed by atoms with Gasteiger partial charge in [0.25, 0.3) is 0 Å². The van der Waals surface area contributed by atoms with Gasteiger partial charge in [-0.2, -0.15) is 0 Å². The molecule has 0 N–H and O–H groups in total. The van der Waals surface area contributed by atoms with E-state index in [1.807, 2.05) is 6.07 Å². The molecule has 1 unspecified atom stereocenters. The summed E-state index contributed by atoms with van der Waals surface area (Å²) >= 11 is 0. The van der Waals surface area contributed by atoms with Crippen LogP contribution in [0.5, 0.6) is 5.75 Å². The Balaban J connectivity index is 2.24. The molecule has 0 bridgehead atoms. The predicted octanol–water partition coefficient (Wildman–Crippen LogP) is 2.48. The third kappa shape index (κ3) is 2.24. The maximum Gasteiger partial charge on any atom is 0.346 e. The SMILES string of the molecule is COC(=O)C(C)Oc1c2occc2cc2ccc(=O)oc12. The lowest BCUT2D eigenvalue weighted by molar-refractivity contribution is -0.147. The number of hydrogen-bond donors (Lipinski definition) is 0. The van der Waals surface area contributed by atoms with Crippen molar-refractivity contribution in [2.75, 3.05) is 7.11 Å². The smallest absolute Gasteiger partial charge is 0.346 e. The summed E-state index contributed by atoms with van der Waals surface area (Å²) in [6, 6.07) is 6.52. The Morgan fingerprint density at radius 1 is 1.19 bits per heavy atom. The Morgan fingerprint density at radius 3 is 2.71 bits per heavy atom. The number of furan rings is 1. The lowest BCUT2D eigenvalue weighted by atomic mass is 10.1. The van der Waals surface area contributed by atoms with Gasteiger partial charge in [-0.15, -0.1) is 0 Å². The zero-order valence-corrected chi connectivity index (χ0v) is 11.4. The highest BCUT2D eigenvalue weighted by molar-refractivity contribution is 6.00. The number of fused-ring (bicyclic) bond motifs is 2. The highest BCUT2D eigenvalue weighted by atomic mass is 16.6. The first-order valence-corrected chi connectivity index (χ1v) is 6.28. The minimum atomic E-state index is -0.862. The maximum absolute atomic E-state index is 11.5. The van der Waals surface area contributed by atoms with E-state index >= 15 is 0 Å². The van der Waals surface area contributed by atoms with E-state index in [1.54, 1.807) is 19.1 Å². The van der Waals surface area contributed by atoms with Crippen molar-refractivity contribution in [3.05, 3.63) is 40.9 Å². The zero-order valence-electron chi connectivity index (χ0n) is 11.4. The molecule has 0 aliphatic rings. The Kier molecular flexibility index (Phi) is 3.13. The Hall–Kier alpha value is -2.76. The number of carbonyl (C=O) groups is 1. The number of benzene rings is 1. The van der Waals surface area contributed by atoms with Gasteiger partial charge in [0.05, 0.1) is 13.4 Å². The summed E-state index contributed by atoms with van der Waals surface area (Å²) in [6.45, 7) is 1.54. The lowest BCUT2D eigenvalue weighted by Gasteiger charge is -2.13. The summed E-state index contributed by atoms with van der Waals surface area (Å²) in [6.07, 6.45) is 0.636. The van der Waals surface area contributed by atoms with Gasteiger partial charge in [0.1, 0.15) is 0 Å². The second kappa shape index (κ2) is 4.97. The second-order valence-electron chi connectivity index (χ2n) is 4.50. The van der Waals surface area contributed by atoms with Crippen molar-refractivity contribution in [3.8, 4) is 5.75 Å². The molecule has 0 fully saturated rings. The Morgan fingerprint density at radius 2 is 1.95 bits per heavy atom. The van der Waals surface area contributed by atoms with Gasteiger partial charge >= 0.3 is 11.6 Å². The van der Waals surface area contributed by atoms with Crippen molar-refractivity contribution < 1.29 is 23.1 Å². The van der Waals surface area contributed by atoms with Gasteiger partial charge in [-0.25, -0.2) is 9.59 Å². The molecule has 0 aliphatic heterocycles. The van der Waals surface area contributed by atoms with E-state index in [-0.39, 0.29) is 11.3 Å². The standard InChI is InChI=1S/C15H12O6/c1-8(15(17)18-2)20-14-12-10(5-6-19-12)7-9-3-4-11(16)21-13(9)14/h3-8H,1-2H3. The summed E-state index contributed by atoms with van der Waals surface area (Å²) in [5, 5.41) is 1.46. The van der Waals surface area contributed by atoms with Gasteiger partial charge < -0.3 is 18.3 Å². The number of hydrogen-bond acceptors (Lipinski definition) is 6. The van der Waals surface area contributed by atoms with Crippen LogP contribution in [0, 0.1) is 0 Å². The van der Waals surface area contributed by atoms with Crippen molar-refractivity contribution >= 4 is 27.9 Å². The van der Waals surface area contributed by atoms with E-state index in [1.165, 1.54) is 19.4 Å². The van der Waals surface area contributed by atoms with Gasteiger partial charge in [0.15, 0.2) is 17.3 Å². The topological polar surface area (TPSA) is 78.9 Å². The average molecular weight is 288 g/mol. The molecule has 0 spiro atoms. The van der Waals surface area contributed by atoms with E-state index in [0.29, 0.717) is 11.0 Å². The van der Waals surface area contributed by atoms with Crippen molar-refractivity contribution in [1.29, 1.82) is 0 Å². The molecule has 3 rings (SSSR count). The molecular weight excluding hydrogens is 276 g/mol. The molecule has 6 heteroatoms. The van der Waals surface area contributed by atoms with Gasteiger partial charge in [0.2, 0.25) is 5.75 Å². The Bertz CT molecular complexity index is 873. The fourth-order valence-corrected chi connectivity index (χ4v) is 2.10. The van der Waals surface area contributed by atoms with E-state index in [4.69, 9.17) is 13.6 Å². The molecular formula is C15H12O6. The van der Waals surface area contributed by atoms with Crippen molar-refractivity contribution in [3.63, 3.8) is 0 Å². The van der Waals surface area contributed by atoms with Crippen LogP contribution in [0.1, 0.15) is 6.92 Å². The van der Waals surface area contributed by atoms with Gasteiger partial charge in [0, 0.05) is 16.8 Å². The van der Waals surface area contributed by atoms with Crippen molar-refractivity contribution in [1.82, 2.24) is 0 Å². The highest BCUT2D eigenvalue weighted by Crippen LogP contribution is 2.35. The third-order valence-corrected chi connectivity index (χ3v) is 3.11. The van der Waals surface area contributed by atoms with Crippen molar-refractivity contribution in [2.45, 2.75) is 13.0 Å². The van der Waals surface area contributed by atoms with Crippen molar-refractivity contribution in [2.24, 2.45) is 0 Å². The Labute approximate surface area is 118 Å². The first-order chi connectivity index (χ1) is 10.1. The summed E-state index contributed by atoms with van der Waals surface area (Å²) < 4.78 is 20.8. The molecule has 108 valence electrons. The summed E-state index contributed by atoms with van der Waals surface area (Å²) in [7, 11) is 1.27. The molecule has 0 aliphatic carbocycles. The summed E-state index contributed by atoms with van der Waals surface area (Å²) in [5.74, 6) is -0.326. The maximum atomic E-state index is 11.5. The van der Waals surface area contributed by atoms with Crippen LogP contribution in [-0.4, -0.2) is 19.2 Å². The van der Waals surface area contributed by atoms with E-state index < -0.39 is 17.7 Å². The number of ether oxygens (including phenoxy) is 2. The van der Waals surface area contributed by atoms with Crippen LogP contribution in [0.2, 0.25) is 0 Å². The molecule has 2 heterocycles. The van der Waals surface area contributed by atoms with Gasteiger partial charge in [-0.3, -0.25) is 0 Å². The van der Waals surface area contributed by atoms with E-state index in [0.717, 1.165) is 5.39 Å². The fourth-order valence-electron chi connectivity index (χ4n) is 2.10. The summed E-state index contributed by atoms with van der Waals surface area (Å²) in [5.41, 5.74) is 0.136. The quantitative estimate of drug-likeness (QED) is 0.544. The fraction of sp³-hybridized carbons (Fsp3) is 0.200. The molecule has 1 atom stereocenters. The normalized spacial score (nSPS) is 12.5. The van der Waals surface area contributed by atoms with Crippen LogP contribution in [0.25, 0.3) is 21.9 Å². The average Bonchev–Trinajstić information content (AvgIpc) is 2.94. The molecule has 21 heavy (non-hydrogen) atoms. The molecule has 0 saturated carbocycles. The monoisotopic (exact) mass is 288 g/mol. The summed E-state index contributed by atoms with van der Waals surface area (Å²) in [4.78, 5) is 23.0. The number of methoxy groups -OCH3 is 1. The molecule has 1 aromatic carbocycles. The van der Waals surface area contributed by atoms with Gasteiger partial charge in [-0.05, 0) is 25.1 Å². The molecule has 3 aromatic rings. The third-order valence-electron chi connectivity index (χ3n) is 3.11. The molecule has 2 aromatic heterocycles. The largest absolute Gasteiger partial charge is 0.471 e. The van der Waals surface area contributed by atoms with Crippen LogP contribution in [-0.2, 0) is 9.53 Å². The van der Waals surface area contributed by atoms with Crippen LogP contribution in [0.15, 0.2) is 44.2 Å². The molecule has 0 radical (unpaired) electrons. The number of esters is 1. The second-order valence-corrected chi connectivity index (χ2v) is 4.50. The minimum Gasteiger partial charge on any atom is -0.471 e. The highest BCUT2D eigenvalue weighted by Gasteiger charge is 2.21. The van der Waals surface area contributed by atoms with Gasteiger partial charge in [-0.1, -0.05) is 0 Å².